The number of rotatable bonds is 6. The number of nitrogens with zero attached hydrogens (tertiary/aromatic N) is 2. The van der Waals surface area contributed by atoms with Crippen molar-refractivity contribution in [2.24, 2.45) is 0 Å². The molecule has 0 saturated carbocycles. The van der Waals surface area contributed by atoms with Gasteiger partial charge in [0.25, 0.3) is 0 Å². The summed E-state index contributed by atoms with van der Waals surface area (Å²) in [5, 5.41) is 11.6. The first-order valence-corrected chi connectivity index (χ1v) is 5.41. The zero-order chi connectivity index (χ0) is 12.5. The van der Waals surface area contributed by atoms with Crippen LogP contribution in [0.5, 0.6) is 0 Å². The van der Waals surface area contributed by atoms with Crippen molar-refractivity contribution in [2.45, 2.75) is 6.54 Å². The van der Waals surface area contributed by atoms with E-state index in [1.807, 2.05) is 12.1 Å². The molecule has 0 unspecified atom stereocenters. The lowest BCUT2D eigenvalue weighted by Gasteiger charge is -2.20. The Morgan fingerprint density at radius 2 is 2.24 bits per heavy atom. The summed E-state index contributed by atoms with van der Waals surface area (Å²) in [5.74, 6) is 0. The highest BCUT2D eigenvalue weighted by molar-refractivity contribution is 5.74. The minimum absolute atomic E-state index is 0.0590. The normalized spacial score (nSPS) is 9.71. The third-order valence-electron chi connectivity index (χ3n) is 2.20. The van der Waals surface area contributed by atoms with Crippen LogP contribution in [0.25, 0.3) is 0 Å². The topological polar surface area (TPSA) is 65.5 Å². The number of urea groups is 1. The highest BCUT2D eigenvalue weighted by atomic mass is 16.3. The monoisotopic (exact) mass is 235 g/mol. The Morgan fingerprint density at radius 1 is 1.53 bits per heavy atom. The summed E-state index contributed by atoms with van der Waals surface area (Å²) in [7, 11) is 0. The first-order chi connectivity index (χ1) is 8.27. The molecule has 0 fully saturated rings. The number of hydrogen-bond donors (Lipinski definition) is 2. The van der Waals surface area contributed by atoms with Gasteiger partial charge in [-0.1, -0.05) is 6.08 Å². The molecule has 1 aromatic rings. The van der Waals surface area contributed by atoms with Gasteiger partial charge in [-0.2, -0.15) is 0 Å². The molecule has 2 amide bonds. The maximum atomic E-state index is 11.7. The Kier molecular flexibility index (Phi) is 5.74. The van der Waals surface area contributed by atoms with Gasteiger partial charge in [-0.25, -0.2) is 4.79 Å². The third-order valence-corrected chi connectivity index (χ3v) is 2.20. The van der Waals surface area contributed by atoms with Gasteiger partial charge in [-0.3, -0.25) is 4.98 Å². The molecule has 0 aliphatic rings. The fourth-order valence-corrected chi connectivity index (χ4v) is 1.34. The van der Waals surface area contributed by atoms with Crippen LogP contribution in [0.2, 0.25) is 0 Å². The highest BCUT2D eigenvalue weighted by Gasteiger charge is 2.10. The number of carbonyl (C=O) groups excluding carboxylic acids is 1. The SMILES string of the molecule is C=CCN(CCO)C(=O)NCc1ccncc1. The van der Waals surface area contributed by atoms with Crippen molar-refractivity contribution in [1.29, 1.82) is 0 Å². The van der Waals surface area contributed by atoms with Crippen molar-refractivity contribution in [1.82, 2.24) is 15.2 Å². The Balaban J connectivity index is 2.44. The van der Waals surface area contributed by atoms with Gasteiger partial charge in [0.2, 0.25) is 0 Å². The van der Waals surface area contributed by atoms with Gasteiger partial charge in [0.1, 0.15) is 0 Å². The molecule has 1 heterocycles. The molecule has 2 N–H and O–H groups in total. The van der Waals surface area contributed by atoms with Crippen molar-refractivity contribution >= 4 is 6.03 Å². The van der Waals surface area contributed by atoms with Crippen LogP contribution in [0.3, 0.4) is 0 Å². The lowest BCUT2D eigenvalue weighted by Crippen LogP contribution is -2.41. The standard InChI is InChI=1S/C12H17N3O2/c1-2-7-15(8-9-16)12(17)14-10-11-3-5-13-6-4-11/h2-6,16H,1,7-10H2,(H,14,17). The van der Waals surface area contributed by atoms with E-state index in [2.05, 4.69) is 16.9 Å². The summed E-state index contributed by atoms with van der Waals surface area (Å²) >= 11 is 0. The van der Waals surface area contributed by atoms with Crippen LogP contribution in [0.1, 0.15) is 5.56 Å². The molecule has 0 aliphatic heterocycles. The van der Waals surface area contributed by atoms with Crippen LogP contribution in [0.15, 0.2) is 37.2 Å². The molecule has 0 spiro atoms. The quantitative estimate of drug-likeness (QED) is 0.716. The molecule has 0 aliphatic carbocycles. The van der Waals surface area contributed by atoms with Crippen LogP contribution < -0.4 is 5.32 Å². The summed E-state index contributed by atoms with van der Waals surface area (Å²) in [6.07, 6.45) is 4.98. The first-order valence-electron chi connectivity index (χ1n) is 5.41. The van der Waals surface area contributed by atoms with Crippen molar-refractivity contribution in [3.05, 3.63) is 42.7 Å². The molecule has 92 valence electrons. The molecule has 0 bridgehead atoms. The van der Waals surface area contributed by atoms with Gasteiger partial charge in [-0.15, -0.1) is 6.58 Å². The Labute approximate surface area is 101 Å². The number of nitrogens with one attached hydrogen (secondary N) is 1. The van der Waals surface area contributed by atoms with Crippen molar-refractivity contribution < 1.29 is 9.90 Å². The predicted molar refractivity (Wildman–Crippen MR) is 65.3 cm³/mol. The van der Waals surface area contributed by atoms with E-state index in [1.165, 1.54) is 4.90 Å². The summed E-state index contributed by atoms with van der Waals surface area (Å²) in [6.45, 7) is 4.68. The van der Waals surface area contributed by atoms with Crippen molar-refractivity contribution in [2.75, 3.05) is 19.7 Å². The van der Waals surface area contributed by atoms with Crippen LogP contribution in [0, 0.1) is 0 Å². The van der Waals surface area contributed by atoms with E-state index in [4.69, 9.17) is 5.11 Å². The number of aromatic nitrogens is 1. The molecule has 0 saturated heterocycles. The first kappa shape index (κ1) is 13.2. The van der Waals surface area contributed by atoms with Gasteiger partial charge in [-0.05, 0) is 17.7 Å². The molecule has 5 heteroatoms. The second kappa shape index (κ2) is 7.40. The summed E-state index contributed by atoms with van der Waals surface area (Å²) < 4.78 is 0. The summed E-state index contributed by atoms with van der Waals surface area (Å²) in [5.41, 5.74) is 0.982. The molecule has 0 aromatic carbocycles. The number of aliphatic hydroxyl groups is 1. The van der Waals surface area contributed by atoms with Gasteiger partial charge in [0.15, 0.2) is 0 Å². The van der Waals surface area contributed by atoms with E-state index in [1.54, 1.807) is 18.5 Å². The lowest BCUT2D eigenvalue weighted by atomic mass is 10.3. The second-order valence-corrected chi connectivity index (χ2v) is 3.47. The summed E-state index contributed by atoms with van der Waals surface area (Å²) in [6, 6.07) is 3.46. The molecule has 17 heavy (non-hydrogen) atoms. The van der Waals surface area contributed by atoms with Gasteiger partial charge < -0.3 is 15.3 Å². The second-order valence-electron chi connectivity index (χ2n) is 3.47. The van der Waals surface area contributed by atoms with Crippen LogP contribution in [0.4, 0.5) is 4.79 Å². The van der Waals surface area contributed by atoms with Gasteiger partial charge in [0.05, 0.1) is 6.61 Å². The van der Waals surface area contributed by atoms with Crippen molar-refractivity contribution in [3.63, 3.8) is 0 Å². The molecule has 1 aromatic heterocycles. The number of aliphatic hydroxyl groups excluding tert-OH is 1. The molecule has 0 radical (unpaired) electrons. The molecule has 5 nitrogen and oxygen atoms in total. The Bertz CT molecular complexity index is 354. The van der Waals surface area contributed by atoms with E-state index in [-0.39, 0.29) is 12.6 Å². The lowest BCUT2D eigenvalue weighted by molar-refractivity contribution is 0.183. The van der Waals surface area contributed by atoms with E-state index in [0.29, 0.717) is 19.6 Å². The van der Waals surface area contributed by atoms with E-state index < -0.39 is 0 Å². The zero-order valence-electron chi connectivity index (χ0n) is 9.67. The summed E-state index contributed by atoms with van der Waals surface area (Å²) in [4.78, 5) is 17.1. The average molecular weight is 235 g/mol. The number of pyridine rings is 1. The van der Waals surface area contributed by atoms with Gasteiger partial charge in [0, 0.05) is 32.0 Å². The van der Waals surface area contributed by atoms with Crippen molar-refractivity contribution in [3.8, 4) is 0 Å². The molecule has 0 atom stereocenters. The number of carbonyl (C=O) groups is 1. The van der Waals surface area contributed by atoms with Crippen LogP contribution >= 0.6 is 0 Å². The van der Waals surface area contributed by atoms with E-state index >= 15 is 0 Å². The average Bonchev–Trinajstić information content (AvgIpc) is 2.37. The predicted octanol–water partition coefficient (Wildman–Crippen LogP) is 0.771. The van der Waals surface area contributed by atoms with Gasteiger partial charge >= 0.3 is 6.03 Å². The Morgan fingerprint density at radius 3 is 2.82 bits per heavy atom. The third kappa shape index (κ3) is 4.65. The van der Waals surface area contributed by atoms with Crippen LogP contribution in [-0.4, -0.2) is 40.7 Å². The number of hydrogen-bond acceptors (Lipinski definition) is 3. The van der Waals surface area contributed by atoms with E-state index in [0.717, 1.165) is 5.56 Å². The smallest absolute Gasteiger partial charge is 0.318 e. The fraction of sp³-hybridized carbons (Fsp3) is 0.333. The molecular formula is C12H17N3O2. The molecule has 1 rings (SSSR count). The maximum absolute atomic E-state index is 11.7. The fourth-order valence-electron chi connectivity index (χ4n) is 1.34. The highest BCUT2D eigenvalue weighted by Crippen LogP contribution is 1.96. The Hall–Kier alpha value is -1.88. The van der Waals surface area contributed by atoms with E-state index in [9.17, 15) is 4.79 Å². The minimum atomic E-state index is -0.212. The number of amides is 2. The maximum Gasteiger partial charge on any atom is 0.318 e. The van der Waals surface area contributed by atoms with Crippen LogP contribution in [-0.2, 0) is 6.54 Å². The molecular weight excluding hydrogens is 218 g/mol. The largest absolute Gasteiger partial charge is 0.395 e. The minimum Gasteiger partial charge on any atom is -0.395 e. The zero-order valence-corrected chi connectivity index (χ0v) is 9.67.